The van der Waals surface area contributed by atoms with Crippen LogP contribution in [0.25, 0.3) is 22.2 Å². The first-order chi connectivity index (χ1) is 11.8. The smallest absolute Gasteiger partial charge is 0.345 e. The molecule has 0 bridgehead atoms. The van der Waals surface area contributed by atoms with Crippen LogP contribution in [-0.2, 0) is 10.1 Å². The lowest BCUT2D eigenvalue weighted by Crippen LogP contribution is -2.44. The second-order valence-electron chi connectivity index (χ2n) is 5.97. The maximum Gasteiger partial charge on any atom is 0.345 e. The van der Waals surface area contributed by atoms with Gasteiger partial charge < -0.3 is 8.97 Å². The van der Waals surface area contributed by atoms with E-state index in [2.05, 4.69) is 15.9 Å². The van der Waals surface area contributed by atoms with E-state index in [-0.39, 0.29) is 0 Å². The molecule has 0 saturated carbocycles. The molecule has 1 heterocycles. The SMILES string of the molecule is CCC(CS(=O)(=O)[O-])[n+]1c(C)oc2ccc(-c3ccc(Br)cc3)cc21. The largest absolute Gasteiger partial charge is 0.748 e. The summed E-state index contributed by atoms with van der Waals surface area (Å²) in [6, 6.07) is 13.3. The molecule has 0 N–H and O–H groups in total. The molecule has 2 aromatic carbocycles. The van der Waals surface area contributed by atoms with E-state index >= 15 is 0 Å². The maximum absolute atomic E-state index is 11.3. The quantitative estimate of drug-likeness (QED) is 0.459. The molecule has 0 aliphatic rings. The Kier molecular flexibility index (Phi) is 4.99. The lowest BCUT2D eigenvalue weighted by molar-refractivity contribution is -0.704. The van der Waals surface area contributed by atoms with Crippen LogP contribution in [0.2, 0.25) is 0 Å². The summed E-state index contributed by atoms with van der Waals surface area (Å²) in [4.78, 5) is 0. The molecule has 3 rings (SSSR count). The van der Waals surface area contributed by atoms with E-state index in [1.54, 1.807) is 6.92 Å². The number of oxazole rings is 1. The van der Waals surface area contributed by atoms with E-state index < -0.39 is 21.9 Å². The van der Waals surface area contributed by atoms with Gasteiger partial charge in [-0.25, -0.2) is 8.42 Å². The fraction of sp³-hybridized carbons (Fsp3) is 0.278. The first-order valence-corrected chi connectivity index (χ1v) is 10.3. The van der Waals surface area contributed by atoms with Crippen LogP contribution in [0.3, 0.4) is 0 Å². The van der Waals surface area contributed by atoms with Gasteiger partial charge in [-0.3, -0.25) is 0 Å². The first-order valence-electron chi connectivity index (χ1n) is 7.92. The van der Waals surface area contributed by atoms with Crippen molar-refractivity contribution in [1.82, 2.24) is 0 Å². The van der Waals surface area contributed by atoms with Gasteiger partial charge in [0.2, 0.25) is 5.58 Å². The number of hydrogen-bond acceptors (Lipinski definition) is 4. The van der Waals surface area contributed by atoms with Gasteiger partial charge in [-0.15, -0.1) is 0 Å². The highest BCUT2D eigenvalue weighted by Gasteiger charge is 2.29. The molecule has 0 aliphatic heterocycles. The van der Waals surface area contributed by atoms with Crippen LogP contribution in [0.5, 0.6) is 0 Å². The Labute approximate surface area is 155 Å². The number of aromatic nitrogens is 1. The minimum absolute atomic E-state index is 0.452. The summed E-state index contributed by atoms with van der Waals surface area (Å²) >= 11 is 3.42. The monoisotopic (exact) mass is 423 g/mol. The zero-order valence-corrected chi connectivity index (χ0v) is 16.3. The molecule has 0 amide bonds. The lowest BCUT2D eigenvalue weighted by Gasteiger charge is -2.12. The van der Waals surface area contributed by atoms with E-state index in [0.29, 0.717) is 17.9 Å². The Bertz CT molecular complexity index is 1010. The molecule has 1 unspecified atom stereocenters. The second kappa shape index (κ2) is 6.90. The number of hydrogen-bond donors (Lipinski definition) is 0. The lowest BCUT2D eigenvalue weighted by atomic mass is 10.1. The van der Waals surface area contributed by atoms with Crippen molar-refractivity contribution in [3.05, 3.63) is 52.8 Å². The average molecular weight is 424 g/mol. The van der Waals surface area contributed by atoms with Crippen LogP contribution in [0.4, 0.5) is 0 Å². The van der Waals surface area contributed by atoms with Crippen molar-refractivity contribution in [3.8, 4) is 11.1 Å². The van der Waals surface area contributed by atoms with Gasteiger partial charge in [-0.05, 0) is 29.3 Å². The van der Waals surface area contributed by atoms with Gasteiger partial charge >= 0.3 is 5.89 Å². The third-order valence-electron chi connectivity index (χ3n) is 4.23. The van der Waals surface area contributed by atoms with Crippen LogP contribution in [0.15, 0.2) is 51.4 Å². The molecule has 1 aromatic heterocycles. The van der Waals surface area contributed by atoms with Crippen molar-refractivity contribution < 1.29 is 22.0 Å². The third-order valence-corrected chi connectivity index (χ3v) is 5.55. The molecule has 0 saturated heterocycles. The summed E-state index contributed by atoms with van der Waals surface area (Å²) < 4.78 is 42.4. The first kappa shape index (κ1) is 18.1. The zero-order valence-electron chi connectivity index (χ0n) is 13.9. The molecule has 0 fully saturated rings. The molecule has 132 valence electrons. The molecule has 5 nitrogen and oxygen atoms in total. The van der Waals surface area contributed by atoms with Crippen molar-refractivity contribution in [2.75, 3.05) is 5.75 Å². The fourth-order valence-electron chi connectivity index (χ4n) is 3.06. The Morgan fingerprint density at radius 3 is 2.40 bits per heavy atom. The molecule has 25 heavy (non-hydrogen) atoms. The van der Waals surface area contributed by atoms with Gasteiger partial charge in [-0.2, -0.15) is 4.57 Å². The molecule has 0 spiro atoms. The van der Waals surface area contributed by atoms with Gasteiger partial charge in [0, 0.05) is 17.0 Å². The van der Waals surface area contributed by atoms with Crippen molar-refractivity contribution in [2.45, 2.75) is 26.3 Å². The minimum Gasteiger partial charge on any atom is -0.748 e. The summed E-state index contributed by atoms with van der Waals surface area (Å²) in [6.45, 7) is 3.64. The van der Waals surface area contributed by atoms with Crippen molar-refractivity contribution in [1.29, 1.82) is 0 Å². The summed E-state index contributed by atoms with van der Waals surface area (Å²) in [5.41, 5.74) is 3.49. The Morgan fingerprint density at radius 1 is 1.16 bits per heavy atom. The van der Waals surface area contributed by atoms with Gasteiger partial charge in [0.1, 0.15) is 15.9 Å². The Hall–Kier alpha value is -1.70. The van der Waals surface area contributed by atoms with Crippen LogP contribution in [-0.4, -0.2) is 18.7 Å². The molecular weight excluding hydrogens is 406 g/mol. The van der Waals surface area contributed by atoms with Crippen molar-refractivity contribution in [2.24, 2.45) is 0 Å². The summed E-state index contributed by atoms with van der Waals surface area (Å²) in [5.74, 6) is 0.130. The molecule has 1 atom stereocenters. The topological polar surface area (TPSA) is 74.2 Å². The predicted molar refractivity (Wildman–Crippen MR) is 98.2 cm³/mol. The van der Waals surface area contributed by atoms with E-state index in [1.807, 2.05) is 54.0 Å². The highest BCUT2D eigenvalue weighted by molar-refractivity contribution is 9.10. The van der Waals surface area contributed by atoms with Gasteiger partial charge in [0.05, 0.1) is 6.92 Å². The van der Waals surface area contributed by atoms with Crippen LogP contribution in [0, 0.1) is 6.92 Å². The number of benzene rings is 2. The van der Waals surface area contributed by atoms with E-state index in [4.69, 9.17) is 4.42 Å². The predicted octanol–water partition coefficient (Wildman–Crippen LogP) is 3.95. The number of nitrogens with zero attached hydrogens (tertiary/aromatic N) is 1. The molecule has 3 aromatic rings. The van der Waals surface area contributed by atoms with Crippen LogP contribution >= 0.6 is 15.9 Å². The number of fused-ring (bicyclic) bond motifs is 1. The Balaban J connectivity index is 2.13. The second-order valence-corrected chi connectivity index (χ2v) is 8.33. The highest BCUT2D eigenvalue weighted by Crippen LogP contribution is 2.26. The van der Waals surface area contributed by atoms with Crippen molar-refractivity contribution in [3.63, 3.8) is 0 Å². The molecular formula is C18H18BrNO4S. The molecule has 0 radical (unpaired) electrons. The zero-order chi connectivity index (χ0) is 18.2. The van der Waals surface area contributed by atoms with Crippen molar-refractivity contribution >= 4 is 37.1 Å². The highest BCUT2D eigenvalue weighted by atomic mass is 79.9. The number of aryl methyl sites for hydroxylation is 1. The standard InChI is InChI=1S/C18H18BrNO4S/c1-3-16(11-25(21,22)23)20-12(2)24-18-9-6-14(10-17(18)20)13-4-7-15(19)8-5-13/h4-10,16H,3,11H2,1-2H3. The number of halogens is 1. The summed E-state index contributed by atoms with van der Waals surface area (Å²) in [7, 11) is -4.33. The van der Waals surface area contributed by atoms with Gasteiger partial charge in [0.15, 0.2) is 6.04 Å². The van der Waals surface area contributed by atoms with E-state index in [9.17, 15) is 13.0 Å². The normalized spacial score (nSPS) is 13.3. The van der Waals surface area contributed by atoms with Gasteiger partial charge in [-0.1, -0.05) is 41.1 Å². The average Bonchev–Trinajstić information content (AvgIpc) is 2.87. The Morgan fingerprint density at radius 2 is 1.80 bits per heavy atom. The third kappa shape index (κ3) is 3.94. The molecule has 7 heteroatoms. The maximum atomic E-state index is 11.3. The van der Waals surface area contributed by atoms with Gasteiger partial charge in [0.25, 0.3) is 5.52 Å². The minimum atomic E-state index is -4.33. The van der Waals surface area contributed by atoms with E-state index in [0.717, 1.165) is 21.1 Å². The van der Waals surface area contributed by atoms with Crippen LogP contribution in [0.1, 0.15) is 25.3 Å². The summed E-state index contributed by atoms with van der Waals surface area (Å²) in [6.07, 6.45) is 0.518. The number of rotatable bonds is 5. The van der Waals surface area contributed by atoms with E-state index in [1.165, 1.54) is 0 Å². The molecule has 0 aliphatic carbocycles. The van der Waals surface area contributed by atoms with Crippen LogP contribution < -0.4 is 4.57 Å². The summed E-state index contributed by atoms with van der Waals surface area (Å²) in [5, 5.41) is 0. The fourth-order valence-corrected chi connectivity index (χ4v) is 4.18.